The fourth-order valence-corrected chi connectivity index (χ4v) is 9.59. The van der Waals surface area contributed by atoms with Crippen LogP contribution in [0.3, 0.4) is 0 Å². The summed E-state index contributed by atoms with van der Waals surface area (Å²) in [7, 11) is 0. The van der Waals surface area contributed by atoms with Crippen LogP contribution in [0, 0.1) is 0 Å². The van der Waals surface area contributed by atoms with Gasteiger partial charge in [0.05, 0.1) is 5.60 Å². The number of ether oxygens (including phenoxy) is 2. The lowest BCUT2D eigenvalue weighted by Crippen LogP contribution is -2.31. The van der Waals surface area contributed by atoms with Gasteiger partial charge in [0.15, 0.2) is 0 Å². The number of esters is 2. The molecular formula is C70H131NO15. The highest BCUT2D eigenvalue weighted by Gasteiger charge is 2.32. The van der Waals surface area contributed by atoms with E-state index in [-0.39, 0.29) is 42.4 Å². The predicted octanol–water partition coefficient (Wildman–Crippen LogP) is 19.0. The number of rotatable bonds is 52. The lowest BCUT2D eigenvalue weighted by Gasteiger charge is -2.19. The number of carboxylic acids is 3. The molecule has 1 saturated heterocycles. The Labute approximate surface area is 523 Å². The van der Waals surface area contributed by atoms with E-state index in [1.807, 2.05) is 41.5 Å². The second-order valence-electron chi connectivity index (χ2n) is 26.9. The van der Waals surface area contributed by atoms with Gasteiger partial charge in [0.1, 0.15) is 11.2 Å². The van der Waals surface area contributed by atoms with Crippen LogP contribution in [0.4, 0.5) is 0 Å². The van der Waals surface area contributed by atoms with E-state index in [0.29, 0.717) is 37.2 Å². The van der Waals surface area contributed by atoms with Crippen LogP contribution in [0.5, 0.6) is 0 Å². The van der Waals surface area contributed by atoms with Crippen LogP contribution in [0.1, 0.15) is 383 Å². The van der Waals surface area contributed by atoms with Crippen molar-refractivity contribution in [3.8, 4) is 0 Å². The molecule has 0 aromatic rings. The van der Waals surface area contributed by atoms with Crippen LogP contribution < -0.4 is 0 Å². The molecule has 1 aliphatic heterocycles. The highest BCUT2D eigenvalue weighted by molar-refractivity contribution is 6.01. The van der Waals surface area contributed by atoms with Gasteiger partial charge in [-0.15, -0.1) is 5.06 Å². The maximum absolute atomic E-state index is 11.7. The average Bonchev–Trinajstić information content (AvgIpc) is 3.67. The summed E-state index contributed by atoms with van der Waals surface area (Å²) in [5.74, 6) is -3.54. The first kappa shape index (κ1) is 86.1. The number of unbranched alkanes of at least 4 members (excludes halogenated alkanes) is 39. The number of hydrogen-bond donors (Lipinski definition) is 4. The van der Waals surface area contributed by atoms with Gasteiger partial charge in [-0.1, -0.05) is 231 Å². The molecule has 0 saturated carbocycles. The summed E-state index contributed by atoms with van der Waals surface area (Å²) in [5.41, 5.74) is -1.25. The Morgan fingerprint density at radius 3 is 0.616 bits per heavy atom. The fourth-order valence-electron chi connectivity index (χ4n) is 9.59. The topological polar surface area (TPSA) is 248 Å². The van der Waals surface area contributed by atoms with Gasteiger partial charge in [0.2, 0.25) is 0 Å². The quantitative estimate of drug-likeness (QED) is 0.0251. The molecule has 1 heterocycles. The molecule has 0 atom stereocenters. The molecule has 16 nitrogen and oxygen atoms in total. The maximum Gasteiger partial charge on any atom is 0.333 e. The van der Waals surface area contributed by atoms with Crippen LogP contribution in [0.25, 0.3) is 0 Å². The first-order valence-electron chi connectivity index (χ1n) is 34.5. The number of carbonyl (C=O) groups excluding carboxylic acids is 5. The van der Waals surface area contributed by atoms with Gasteiger partial charge in [-0.05, 0) is 101 Å². The molecule has 1 fully saturated rings. The van der Waals surface area contributed by atoms with Crippen molar-refractivity contribution < 1.29 is 73.1 Å². The van der Waals surface area contributed by atoms with Gasteiger partial charge in [0, 0.05) is 51.4 Å². The van der Waals surface area contributed by atoms with Crippen molar-refractivity contribution in [2.45, 2.75) is 400 Å². The van der Waals surface area contributed by atoms with E-state index < -0.39 is 41.3 Å². The molecular weight excluding hydrogens is 1090 g/mol. The van der Waals surface area contributed by atoms with Gasteiger partial charge in [-0.25, -0.2) is 4.79 Å². The zero-order valence-corrected chi connectivity index (χ0v) is 56.6. The fraction of sp³-hybridized carbons (Fsp3) is 0.886. The Hall–Kier alpha value is -4.08. The van der Waals surface area contributed by atoms with E-state index >= 15 is 0 Å². The molecule has 1 rings (SSSR count). The Morgan fingerprint density at radius 2 is 0.453 bits per heavy atom. The third-order valence-corrected chi connectivity index (χ3v) is 14.1. The van der Waals surface area contributed by atoms with Crippen molar-refractivity contribution in [2.24, 2.45) is 0 Å². The summed E-state index contributed by atoms with van der Waals surface area (Å²) < 4.78 is 10.6. The molecule has 506 valence electrons. The second kappa shape index (κ2) is 58.6. The molecule has 16 heteroatoms. The summed E-state index contributed by atoms with van der Waals surface area (Å²) >= 11 is 0. The van der Waals surface area contributed by atoms with Crippen molar-refractivity contribution in [3.05, 3.63) is 0 Å². The number of amides is 2. The first-order valence-corrected chi connectivity index (χ1v) is 34.5. The third-order valence-electron chi connectivity index (χ3n) is 14.1. The molecule has 4 N–H and O–H groups in total. The Morgan fingerprint density at radius 1 is 0.302 bits per heavy atom. The predicted molar refractivity (Wildman–Crippen MR) is 345 cm³/mol. The third kappa shape index (κ3) is 77.9. The standard InChI is InChI=1S/C26H45NO6.C22H42O4.C18H34O4.C4H10O/c1-26(2,3)32-24(30)18-16-14-12-10-8-6-4-5-7-9-11-13-15-17-19-25(31)33-27-22(28)20-21-23(27)29;1-22(2,3)26-21(25)19-17-15-13-11-9-7-5-4-6-8-10-12-14-16-18-20(23)24;19-17(20)15-13-11-9-7-5-3-1-2-4-6-8-10-12-14-16-18(21)22;1-4(2,3)5/h4-21H2,1-3H3;4-19H2,1-3H3,(H,23,24);1-16H2,(H,19,20)(H,21,22);5H,1-3H3. The molecule has 0 aromatic heterocycles. The molecule has 0 unspecified atom stereocenters. The van der Waals surface area contributed by atoms with Crippen LogP contribution >= 0.6 is 0 Å². The van der Waals surface area contributed by atoms with E-state index in [0.717, 1.165) is 83.5 Å². The zero-order chi connectivity index (χ0) is 65.2. The number of carboxylic acid groups (broad SMARTS) is 3. The molecule has 0 bridgehead atoms. The summed E-state index contributed by atoms with van der Waals surface area (Å²) in [6.45, 7) is 16.7. The summed E-state index contributed by atoms with van der Waals surface area (Å²) in [6, 6.07) is 0. The van der Waals surface area contributed by atoms with Gasteiger partial charge in [-0.3, -0.25) is 33.6 Å². The van der Waals surface area contributed by atoms with E-state index in [2.05, 4.69) is 0 Å². The molecule has 0 aromatic carbocycles. The number of imide groups is 1. The lowest BCUT2D eigenvalue weighted by molar-refractivity contribution is -0.197. The zero-order valence-electron chi connectivity index (χ0n) is 56.6. The summed E-state index contributed by atoms with van der Waals surface area (Å²) in [5, 5.41) is 34.7. The Balaban J connectivity index is -0.00000118. The molecule has 86 heavy (non-hydrogen) atoms. The van der Waals surface area contributed by atoms with Crippen molar-refractivity contribution in [1.82, 2.24) is 5.06 Å². The molecule has 0 spiro atoms. The van der Waals surface area contributed by atoms with Gasteiger partial charge < -0.3 is 34.7 Å². The maximum atomic E-state index is 11.7. The van der Waals surface area contributed by atoms with Crippen molar-refractivity contribution in [2.75, 3.05) is 0 Å². The number of nitrogens with zero attached hydrogens (tertiary/aromatic N) is 1. The Bertz CT molecular complexity index is 1650. The van der Waals surface area contributed by atoms with E-state index in [1.165, 1.54) is 186 Å². The largest absolute Gasteiger partial charge is 0.481 e. The number of aliphatic carboxylic acids is 3. The van der Waals surface area contributed by atoms with Crippen LogP contribution in [-0.4, -0.2) is 89.9 Å². The van der Waals surface area contributed by atoms with Gasteiger partial charge in [0.25, 0.3) is 11.8 Å². The summed E-state index contributed by atoms with van der Waals surface area (Å²) in [4.78, 5) is 93.6. The summed E-state index contributed by atoms with van der Waals surface area (Å²) in [6.07, 6.45) is 51.7. The molecule has 1 aliphatic rings. The minimum atomic E-state index is -0.679. The number of hydrogen-bond acceptors (Lipinski definition) is 12. The monoisotopic (exact) mass is 1230 g/mol. The van der Waals surface area contributed by atoms with Crippen molar-refractivity contribution in [3.63, 3.8) is 0 Å². The second-order valence-corrected chi connectivity index (χ2v) is 26.9. The smallest absolute Gasteiger partial charge is 0.333 e. The van der Waals surface area contributed by atoms with Crippen LogP contribution in [0.2, 0.25) is 0 Å². The highest BCUT2D eigenvalue weighted by atomic mass is 16.7. The normalized spacial score (nSPS) is 12.3. The lowest BCUT2D eigenvalue weighted by atomic mass is 10.0. The number of carbonyl (C=O) groups is 8. The first-order chi connectivity index (χ1) is 40.6. The minimum absolute atomic E-state index is 0.0700. The minimum Gasteiger partial charge on any atom is -0.481 e. The molecule has 2 amide bonds. The van der Waals surface area contributed by atoms with Crippen LogP contribution in [0.15, 0.2) is 0 Å². The van der Waals surface area contributed by atoms with Crippen molar-refractivity contribution in [1.29, 1.82) is 0 Å². The van der Waals surface area contributed by atoms with E-state index in [9.17, 15) is 38.4 Å². The highest BCUT2D eigenvalue weighted by Crippen LogP contribution is 2.20. The molecule has 0 radical (unpaired) electrons. The van der Waals surface area contributed by atoms with E-state index in [1.54, 1.807) is 20.8 Å². The van der Waals surface area contributed by atoms with E-state index in [4.69, 9.17) is 34.7 Å². The Kier molecular flexibility index (Phi) is 58.7. The van der Waals surface area contributed by atoms with Crippen molar-refractivity contribution >= 4 is 47.6 Å². The van der Waals surface area contributed by atoms with Gasteiger partial charge >= 0.3 is 35.8 Å². The SMILES string of the molecule is CC(C)(C)O.CC(C)(C)OC(=O)CCCCCCCCCCCCCCCCC(=O)O.CC(C)(C)OC(=O)CCCCCCCCCCCCCCCCC(=O)ON1C(=O)CCC1=O.O=C(O)CCCCCCCCCCCCCCCCC(=O)O. The molecule has 0 aliphatic carbocycles. The average molecular weight is 1230 g/mol. The van der Waals surface area contributed by atoms with Gasteiger partial charge in [-0.2, -0.15) is 0 Å². The number of aliphatic hydroxyl groups is 1. The number of hydroxylamine groups is 2. The van der Waals surface area contributed by atoms with Crippen LogP contribution in [-0.2, 0) is 52.7 Å².